The van der Waals surface area contributed by atoms with Gasteiger partial charge in [-0.3, -0.25) is 4.99 Å². The van der Waals surface area contributed by atoms with Crippen molar-refractivity contribution in [3.63, 3.8) is 0 Å². The van der Waals surface area contributed by atoms with E-state index in [9.17, 15) is 4.79 Å². The number of piperidine rings is 1. The van der Waals surface area contributed by atoms with Crippen LogP contribution in [-0.2, 0) is 24.2 Å². The normalized spacial score (nSPS) is 19.4. The molecule has 180 valence electrons. The van der Waals surface area contributed by atoms with Crippen LogP contribution in [0.3, 0.4) is 0 Å². The van der Waals surface area contributed by atoms with Crippen LogP contribution in [0.2, 0.25) is 0 Å². The summed E-state index contributed by atoms with van der Waals surface area (Å²) in [7, 11) is 1.82. The standard InChI is InChI=1S/C22H37N7O2.HI/c1-22(2,3)31-21(30)29(15-16-7-8-16)17-9-12-27(13-10-17)20(23-4)24-14-19-26-25-18-6-5-11-28(18)19;/h16-17H,5-15H2,1-4H3,(H,23,24);1H. The first kappa shape index (κ1) is 25.0. The maximum atomic E-state index is 12.9. The Morgan fingerprint density at radius 3 is 2.53 bits per heavy atom. The predicted octanol–water partition coefficient (Wildman–Crippen LogP) is 3.03. The van der Waals surface area contributed by atoms with Gasteiger partial charge in [-0.1, -0.05) is 0 Å². The average molecular weight is 559 g/mol. The number of nitrogens with one attached hydrogen (secondary N) is 1. The predicted molar refractivity (Wildman–Crippen MR) is 134 cm³/mol. The summed E-state index contributed by atoms with van der Waals surface area (Å²) in [6.07, 6.45) is 6.29. The zero-order valence-electron chi connectivity index (χ0n) is 19.8. The summed E-state index contributed by atoms with van der Waals surface area (Å²) in [4.78, 5) is 21.6. The molecule has 0 unspecified atom stereocenters. The molecule has 3 aliphatic rings. The number of ether oxygens (including phenoxy) is 1. The minimum atomic E-state index is -0.465. The van der Waals surface area contributed by atoms with E-state index in [-0.39, 0.29) is 36.1 Å². The van der Waals surface area contributed by atoms with Gasteiger partial charge in [-0.2, -0.15) is 0 Å². The molecular formula is C22H38IN7O2. The van der Waals surface area contributed by atoms with Crippen molar-refractivity contribution in [3.8, 4) is 0 Å². The van der Waals surface area contributed by atoms with Crippen molar-refractivity contribution in [2.24, 2.45) is 10.9 Å². The highest BCUT2D eigenvalue weighted by Gasteiger charge is 2.35. The number of amides is 1. The summed E-state index contributed by atoms with van der Waals surface area (Å²) in [6.45, 7) is 9.99. The molecule has 1 aromatic heterocycles. The van der Waals surface area contributed by atoms with Crippen molar-refractivity contribution >= 4 is 36.0 Å². The van der Waals surface area contributed by atoms with Crippen LogP contribution in [0.4, 0.5) is 4.79 Å². The van der Waals surface area contributed by atoms with Crippen molar-refractivity contribution in [2.45, 2.75) is 84.0 Å². The lowest BCUT2D eigenvalue weighted by molar-refractivity contribution is 0.00928. The Bertz CT molecular complexity index is 808. The molecule has 9 nitrogen and oxygen atoms in total. The Morgan fingerprint density at radius 1 is 1.19 bits per heavy atom. The summed E-state index contributed by atoms with van der Waals surface area (Å²) in [5.41, 5.74) is -0.465. The molecule has 0 aromatic carbocycles. The molecule has 1 saturated carbocycles. The lowest BCUT2D eigenvalue weighted by Gasteiger charge is -2.40. The first-order chi connectivity index (χ1) is 14.8. The molecule has 1 aliphatic carbocycles. The highest BCUT2D eigenvalue weighted by Crippen LogP contribution is 2.32. The van der Waals surface area contributed by atoms with E-state index in [0.717, 1.165) is 69.5 Å². The van der Waals surface area contributed by atoms with Crippen molar-refractivity contribution in [1.82, 2.24) is 29.9 Å². The lowest BCUT2D eigenvalue weighted by atomic mass is 10.0. The minimum absolute atomic E-state index is 0. The Hall–Kier alpha value is -1.59. The van der Waals surface area contributed by atoms with Crippen LogP contribution in [0.1, 0.15) is 64.5 Å². The van der Waals surface area contributed by atoms with Gasteiger partial charge in [0.05, 0.1) is 6.54 Å². The number of likely N-dealkylation sites (tertiary alicyclic amines) is 1. The Morgan fingerprint density at radius 2 is 1.91 bits per heavy atom. The lowest BCUT2D eigenvalue weighted by Crippen LogP contribution is -2.52. The van der Waals surface area contributed by atoms with Crippen molar-refractivity contribution < 1.29 is 9.53 Å². The van der Waals surface area contributed by atoms with Crippen LogP contribution >= 0.6 is 24.0 Å². The molecule has 0 bridgehead atoms. The number of nitrogens with zero attached hydrogens (tertiary/aromatic N) is 6. The maximum absolute atomic E-state index is 12.9. The van der Waals surface area contributed by atoms with Gasteiger partial charge < -0.3 is 24.4 Å². The molecule has 1 saturated heterocycles. The van der Waals surface area contributed by atoms with Crippen LogP contribution < -0.4 is 5.32 Å². The molecule has 0 spiro atoms. The number of guanidine groups is 1. The van der Waals surface area contributed by atoms with E-state index in [4.69, 9.17) is 4.74 Å². The van der Waals surface area contributed by atoms with Crippen LogP contribution in [0.15, 0.2) is 4.99 Å². The minimum Gasteiger partial charge on any atom is -0.444 e. The number of rotatable bonds is 5. The van der Waals surface area contributed by atoms with Gasteiger partial charge in [-0.25, -0.2) is 4.79 Å². The Balaban J connectivity index is 0.00000289. The molecule has 0 radical (unpaired) electrons. The summed E-state index contributed by atoms with van der Waals surface area (Å²) >= 11 is 0. The molecule has 3 heterocycles. The quantitative estimate of drug-likeness (QED) is 0.339. The Labute approximate surface area is 208 Å². The van der Waals surface area contributed by atoms with Crippen LogP contribution in [0, 0.1) is 5.92 Å². The highest BCUT2D eigenvalue weighted by molar-refractivity contribution is 14.0. The molecule has 32 heavy (non-hydrogen) atoms. The van der Waals surface area contributed by atoms with Gasteiger partial charge >= 0.3 is 6.09 Å². The van der Waals surface area contributed by atoms with Crippen molar-refractivity contribution in [1.29, 1.82) is 0 Å². The summed E-state index contributed by atoms with van der Waals surface area (Å²) in [6, 6.07) is 0.226. The van der Waals surface area contributed by atoms with E-state index in [0.29, 0.717) is 12.5 Å². The number of aryl methyl sites for hydroxylation is 1. The molecule has 1 N–H and O–H groups in total. The summed E-state index contributed by atoms with van der Waals surface area (Å²) < 4.78 is 7.93. The fourth-order valence-corrected chi connectivity index (χ4v) is 4.49. The van der Waals surface area contributed by atoms with Gasteiger partial charge in [0, 0.05) is 45.7 Å². The third-order valence-corrected chi connectivity index (χ3v) is 6.29. The van der Waals surface area contributed by atoms with Crippen molar-refractivity contribution in [3.05, 3.63) is 11.6 Å². The number of halogens is 1. The fraction of sp³-hybridized carbons (Fsp3) is 0.818. The zero-order valence-corrected chi connectivity index (χ0v) is 22.2. The molecule has 1 amide bonds. The third kappa shape index (κ3) is 6.26. The number of fused-ring (bicyclic) bond motifs is 1. The van der Waals surface area contributed by atoms with Gasteiger partial charge in [0.25, 0.3) is 0 Å². The third-order valence-electron chi connectivity index (χ3n) is 6.29. The van der Waals surface area contributed by atoms with Gasteiger partial charge in [0.15, 0.2) is 11.8 Å². The number of hydrogen-bond donors (Lipinski definition) is 1. The molecule has 2 fully saturated rings. The summed E-state index contributed by atoms with van der Waals surface area (Å²) in [5, 5.41) is 12.1. The molecule has 10 heteroatoms. The van der Waals surface area contributed by atoms with Crippen LogP contribution in [0.25, 0.3) is 0 Å². The molecule has 2 aliphatic heterocycles. The van der Waals surface area contributed by atoms with E-state index in [1.807, 2.05) is 32.7 Å². The fourth-order valence-electron chi connectivity index (χ4n) is 4.49. The van der Waals surface area contributed by atoms with E-state index >= 15 is 0 Å². The van der Waals surface area contributed by atoms with E-state index < -0.39 is 5.60 Å². The number of carbonyl (C=O) groups is 1. The van der Waals surface area contributed by atoms with E-state index in [2.05, 4.69) is 30.0 Å². The van der Waals surface area contributed by atoms with Crippen molar-refractivity contribution in [2.75, 3.05) is 26.7 Å². The highest BCUT2D eigenvalue weighted by atomic mass is 127. The van der Waals surface area contributed by atoms with E-state index in [1.165, 1.54) is 12.8 Å². The molecular weight excluding hydrogens is 521 g/mol. The average Bonchev–Trinajstić information content (AvgIpc) is 3.28. The zero-order chi connectivity index (χ0) is 22.0. The first-order valence-corrected chi connectivity index (χ1v) is 11.7. The van der Waals surface area contributed by atoms with Gasteiger partial charge in [-0.05, 0) is 58.8 Å². The van der Waals surface area contributed by atoms with Gasteiger partial charge in [0.1, 0.15) is 11.4 Å². The summed E-state index contributed by atoms with van der Waals surface area (Å²) in [5.74, 6) is 3.60. The molecule has 0 atom stereocenters. The number of carbonyl (C=O) groups excluding carboxylic acids is 1. The largest absolute Gasteiger partial charge is 0.444 e. The van der Waals surface area contributed by atoms with Crippen LogP contribution in [0.5, 0.6) is 0 Å². The second-order valence-electron chi connectivity index (χ2n) is 9.98. The topological polar surface area (TPSA) is 87.9 Å². The molecule has 1 aromatic rings. The monoisotopic (exact) mass is 559 g/mol. The smallest absolute Gasteiger partial charge is 0.410 e. The van der Waals surface area contributed by atoms with Crippen LogP contribution in [-0.4, -0.2) is 74.9 Å². The number of hydrogen-bond acceptors (Lipinski definition) is 5. The first-order valence-electron chi connectivity index (χ1n) is 11.7. The Kier molecular flexibility index (Phi) is 8.26. The second kappa shape index (κ2) is 10.6. The van der Waals surface area contributed by atoms with Gasteiger partial charge in [0.2, 0.25) is 0 Å². The SMILES string of the molecule is CN=C(NCc1nnc2n1CCC2)N1CCC(N(CC2CC2)C(=O)OC(C)(C)C)CC1.I. The number of aliphatic imine (C=N–C) groups is 1. The molecule has 4 rings (SSSR count). The second-order valence-corrected chi connectivity index (χ2v) is 9.98. The number of aromatic nitrogens is 3. The maximum Gasteiger partial charge on any atom is 0.410 e. The van der Waals surface area contributed by atoms with E-state index in [1.54, 1.807) is 0 Å². The van der Waals surface area contributed by atoms with Gasteiger partial charge in [-0.15, -0.1) is 34.2 Å².